The molecule has 2 fully saturated rings. The van der Waals surface area contributed by atoms with Crippen LogP contribution in [0.4, 0.5) is 36.4 Å². The Hall–Kier alpha value is -2.66. The Bertz CT molecular complexity index is 1040. The molecule has 4 rings (SSSR count). The fraction of sp³-hybridized carbons (Fsp3) is 0.381. The zero-order chi connectivity index (χ0) is 23.4. The summed E-state index contributed by atoms with van der Waals surface area (Å²) < 4.78 is 97.6. The van der Waals surface area contributed by atoms with Crippen molar-refractivity contribution in [2.45, 2.75) is 43.0 Å². The Kier molecular flexibility index (Phi) is 5.44. The largest absolute Gasteiger partial charge is 0.416 e. The van der Waals surface area contributed by atoms with Gasteiger partial charge in [-0.2, -0.15) is 26.3 Å². The lowest BCUT2D eigenvalue weighted by Gasteiger charge is -2.30. The molecule has 2 aliphatic heterocycles. The van der Waals surface area contributed by atoms with Crippen LogP contribution < -0.4 is 5.32 Å². The molecule has 2 saturated heterocycles. The molecule has 0 saturated carbocycles. The number of ether oxygens (including phenoxy) is 1. The fourth-order valence-corrected chi connectivity index (χ4v) is 4.41. The third-order valence-electron chi connectivity index (χ3n) is 5.72. The van der Waals surface area contributed by atoms with Crippen LogP contribution in [0.1, 0.15) is 29.0 Å². The van der Waals surface area contributed by atoms with E-state index < -0.39 is 71.0 Å². The van der Waals surface area contributed by atoms with Gasteiger partial charge >= 0.3 is 12.4 Å². The number of benzene rings is 2. The molecule has 2 bridgehead atoms. The quantitative estimate of drug-likeness (QED) is 0.647. The monoisotopic (exact) mass is 463 g/mol. The van der Waals surface area contributed by atoms with Crippen molar-refractivity contribution in [3.8, 4) is 0 Å². The molecule has 5 atom stereocenters. The van der Waals surface area contributed by atoms with Gasteiger partial charge in [-0.3, -0.25) is 4.79 Å². The van der Waals surface area contributed by atoms with Gasteiger partial charge in [0.2, 0.25) is 5.91 Å². The number of alkyl halides is 6. The van der Waals surface area contributed by atoms with E-state index in [2.05, 4.69) is 5.32 Å². The van der Waals surface area contributed by atoms with E-state index in [-0.39, 0.29) is 18.1 Å². The van der Waals surface area contributed by atoms with Crippen molar-refractivity contribution in [3.05, 3.63) is 65.0 Å². The van der Waals surface area contributed by atoms with Crippen LogP contribution in [0, 0.1) is 11.7 Å². The van der Waals surface area contributed by atoms with E-state index in [4.69, 9.17) is 4.74 Å². The average molecular weight is 463 g/mol. The third-order valence-corrected chi connectivity index (χ3v) is 5.72. The van der Waals surface area contributed by atoms with Crippen molar-refractivity contribution in [3.63, 3.8) is 0 Å². The molecule has 0 unspecified atom stereocenters. The van der Waals surface area contributed by atoms with Gasteiger partial charge in [-0.1, -0.05) is 18.2 Å². The highest BCUT2D eigenvalue weighted by Gasteiger charge is 2.57. The first-order valence-electron chi connectivity index (χ1n) is 9.54. The molecule has 2 aromatic carbocycles. The molecule has 1 amide bonds. The molecule has 2 heterocycles. The van der Waals surface area contributed by atoms with Crippen molar-refractivity contribution >= 4 is 11.6 Å². The number of carbonyl (C=O) groups is 1. The molecule has 0 radical (unpaired) electrons. The number of amides is 1. The number of nitrogens with one attached hydrogen (secondary N) is 1. The van der Waals surface area contributed by atoms with Gasteiger partial charge < -0.3 is 15.2 Å². The Morgan fingerprint density at radius 3 is 2.34 bits per heavy atom. The highest BCUT2D eigenvalue weighted by Crippen LogP contribution is 2.50. The summed E-state index contributed by atoms with van der Waals surface area (Å²) >= 11 is 0. The zero-order valence-electron chi connectivity index (χ0n) is 16.0. The molecule has 0 spiro atoms. The van der Waals surface area contributed by atoms with Crippen molar-refractivity contribution in [1.29, 1.82) is 0 Å². The number of rotatable bonds is 3. The minimum absolute atomic E-state index is 0.0369. The van der Waals surface area contributed by atoms with E-state index in [0.717, 1.165) is 18.2 Å². The number of hydrogen-bond acceptors (Lipinski definition) is 3. The summed E-state index contributed by atoms with van der Waals surface area (Å²) in [7, 11) is 0. The second kappa shape index (κ2) is 7.73. The third kappa shape index (κ3) is 4.18. The number of aliphatic hydroxyl groups excluding tert-OH is 1. The van der Waals surface area contributed by atoms with Gasteiger partial charge in [0.1, 0.15) is 5.82 Å². The van der Waals surface area contributed by atoms with Crippen LogP contribution in [0.15, 0.2) is 42.5 Å². The first-order chi connectivity index (χ1) is 14.8. The first-order valence-corrected chi connectivity index (χ1v) is 9.54. The predicted octanol–water partition coefficient (Wildman–Crippen LogP) is 4.73. The molecular formula is C21H16F7NO3. The highest BCUT2D eigenvalue weighted by molar-refractivity contribution is 5.94. The van der Waals surface area contributed by atoms with Gasteiger partial charge in [0.05, 0.1) is 35.4 Å². The van der Waals surface area contributed by atoms with Crippen LogP contribution in [0.25, 0.3) is 0 Å². The smallest absolute Gasteiger partial charge is 0.390 e. The number of halogens is 7. The molecular weight excluding hydrogens is 447 g/mol. The van der Waals surface area contributed by atoms with E-state index in [1.165, 1.54) is 6.07 Å². The van der Waals surface area contributed by atoms with E-state index in [0.29, 0.717) is 12.1 Å². The summed E-state index contributed by atoms with van der Waals surface area (Å²) in [4.78, 5) is 13.0. The van der Waals surface area contributed by atoms with Crippen molar-refractivity contribution in [1.82, 2.24) is 0 Å². The summed E-state index contributed by atoms with van der Waals surface area (Å²) in [5.41, 5.74) is -2.61. The van der Waals surface area contributed by atoms with E-state index >= 15 is 0 Å². The topological polar surface area (TPSA) is 58.6 Å². The lowest BCUT2D eigenvalue weighted by molar-refractivity contribution is -0.138. The fourth-order valence-electron chi connectivity index (χ4n) is 4.41. The van der Waals surface area contributed by atoms with Gasteiger partial charge in [-0.25, -0.2) is 4.39 Å². The van der Waals surface area contributed by atoms with E-state index in [1.807, 2.05) is 0 Å². The van der Waals surface area contributed by atoms with Crippen LogP contribution in [0.2, 0.25) is 0 Å². The Morgan fingerprint density at radius 1 is 1.00 bits per heavy atom. The van der Waals surface area contributed by atoms with Crippen molar-refractivity contribution < 1.29 is 45.4 Å². The first kappa shape index (κ1) is 22.5. The summed E-state index contributed by atoms with van der Waals surface area (Å²) in [5.74, 6) is -4.12. The maximum atomic E-state index is 13.7. The normalized spacial score (nSPS) is 27.6. The van der Waals surface area contributed by atoms with Crippen LogP contribution in [0.5, 0.6) is 0 Å². The zero-order valence-corrected chi connectivity index (χ0v) is 16.0. The summed E-state index contributed by atoms with van der Waals surface area (Å²) in [6.45, 7) is 0. The van der Waals surface area contributed by atoms with Crippen LogP contribution in [-0.4, -0.2) is 29.3 Å². The van der Waals surface area contributed by atoms with Crippen LogP contribution in [0.3, 0.4) is 0 Å². The van der Waals surface area contributed by atoms with Gasteiger partial charge in [0.25, 0.3) is 0 Å². The van der Waals surface area contributed by atoms with Crippen molar-refractivity contribution in [2.75, 3.05) is 5.32 Å². The molecule has 2 aliphatic rings. The number of hydrogen-bond donors (Lipinski definition) is 2. The molecule has 172 valence electrons. The van der Waals surface area contributed by atoms with Gasteiger partial charge in [-0.05, 0) is 29.8 Å². The lowest BCUT2D eigenvalue weighted by Crippen LogP contribution is -2.41. The maximum Gasteiger partial charge on any atom is 0.416 e. The van der Waals surface area contributed by atoms with Gasteiger partial charge in [-0.15, -0.1) is 0 Å². The standard InChI is InChI=1S/C21H16F7NO3/c22-12-5-11(21(26,27)28)6-13(7-12)29-19(31)17-15-8-14(30)18(32-15)16(17)9-2-1-3-10(4-9)20(23,24)25/h1-7,14-18,30H,8H2,(H,29,31)/t14-,15+,16+,17-,18-/m0/s1. The maximum absolute atomic E-state index is 13.7. The summed E-state index contributed by atoms with van der Waals surface area (Å²) in [6, 6.07) is 5.77. The minimum atomic E-state index is -4.85. The molecule has 11 heteroatoms. The number of anilines is 1. The van der Waals surface area contributed by atoms with Crippen molar-refractivity contribution in [2.24, 2.45) is 5.92 Å². The molecule has 4 nitrogen and oxygen atoms in total. The van der Waals surface area contributed by atoms with Gasteiger partial charge in [0.15, 0.2) is 0 Å². The number of fused-ring (bicyclic) bond motifs is 2. The average Bonchev–Trinajstić information content (AvgIpc) is 3.23. The van der Waals surface area contributed by atoms with Crippen LogP contribution >= 0.6 is 0 Å². The number of aliphatic hydroxyl groups is 1. The molecule has 0 aromatic heterocycles. The summed E-state index contributed by atoms with van der Waals surface area (Å²) in [6.07, 6.45) is -12.3. The Balaban J connectivity index is 1.65. The SMILES string of the molecule is O=C(Nc1cc(F)cc(C(F)(F)F)c1)[C@@H]1[C@@H](c2cccc(C(F)(F)F)c2)[C@H]2O[C@@H]1C[C@@H]2O. The van der Waals surface area contributed by atoms with E-state index in [1.54, 1.807) is 0 Å². The molecule has 2 N–H and O–H groups in total. The second-order valence-corrected chi connectivity index (χ2v) is 7.83. The summed E-state index contributed by atoms with van der Waals surface area (Å²) in [5, 5.41) is 12.4. The highest BCUT2D eigenvalue weighted by atomic mass is 19.4. The lowest BCUT2D eigenvalue weighted by atomic mass is 9.73. The minimum Gasteiger partial charge on any atom is -0.390 e. The second-order valence-electron chi connectivity index (χ2n) is 7.83. The molecule has 2 aromatic rings. The van der Waals surface area contributed by atoms with E-state index in [9.17, 15) is 40.6 Å². The molecule has 0 aliphatic carbocycles. The predicted molar refractivity (Wildman–Crippen MR) is 97.0 cm³/mol. The van der Waals surface area contributed by atoms with Gasteiger partial charge in [0, 0.05) is 18.0 Å². The van der Waals surface area contributed by atoms with Crippen LogP contribution in [-0.2, 0) is 21.9 Å². The molecule has 32 heavy (non-hydrogen) atoms. The Morgan fingerprint density at radius 2 is 1.69 bits per heavy atom. The Labute approximate surface area is 177 Å². The number of carbonyl (C=O) groups excluding carboxylic acids is 1.